The Morgan fingerprint density at radius 3 is 2.67 bits per heavy atom. The number of hydrogen-bond donors (Lipinski definition) is 2. The van der Waals surface area contributed by atoms with Gasteiger partial charge < -0.3 is 15.0 Å². The predicted molar refractivity (Wildman–Crippen MR) is 179 cm³/mol. The fourth-order valence-corrected chi connectivity index (χ4v) is 7.25. The first-order chi connectivity index (χ1) is 23.0. The number of aliphatic hydroxyl groups is 1. The summed E-state index contributed by atoms with van der Waals surface area (Å²) in [4.78, 5) is 27.6. The maximum absolute atomic E-state index is 12.9. The average Bonchev–Trinajstić information content (AvgIpc) is 3.64. The van der Waals surface area contributed by atoms with E-state index in [-0.39, 0.29) is 29.7 Å². The van der Waals surface area contributed by atoms with E-state index >= 15 is 0 Å². The van der Waals surface area contributed by atoms with Crippen LogP contribution in [0.3, 0.4) is 0 Å². The monoisotopic (exact) mass is 673 g/mol. The summed E-state index contributed by atoms with van der Waals surface area (Å²) in [6, 6.07) is 13.3. The summed E-state index contributed by atoms with van der Waals surface area (Å²) in [5, 5.41) is 26.0. The topological polar surface area (TPSA) is 120 Å². The van der Waals surface area contributed by atoms with Crippen molar-refractivity contribution in [3.05, 3.63) is 94.5 Å². The Hall–Kier alpha value is -4.64. The standard InChI is InChI=1S/C35H34F3N7O2S/c1-3-27(46)12-25-6-4-22(17-40-25)32(47)19-45-26(16-39)13-29-21(2)23(5-7-31(29)45)18-44-10-8-24(9-11-44)43-33-30-14-28(15-35(36,37)38)48-34(30)42-20-41-33/h3-7,13-14,17,20,24,32,47H,1,8-12,15,18-19H2,2H3,(H,41,42,43). The number of pyridine rings is 1. The molecule has 248 valence electrons. The summed E-state index contributed by atoms with van der Waals surface area (Å²) < 4.78 is 40.6. The van der Waals surface area contributed by atoms with Crippen molar-refractivity contribution in [3.8, 4) is 6.07 Å². The molecule has 1 aliphatic rings. The Kier molecular flexibility index (Phi) is 9.59. The number of anilines is 1. The van der Waals surface area contributed by atoms with Crippen LogP contribution in [0.1, 0.15) is 51.9 Å². The quantitative estimate of drug-likeness (QED) is 0.154. The maximum atomic E-state index is 12.9. The Labute approximate surface area is 279 Å². The van der Waals surface area contributed by atoms with Crippen molar-refractivity contribution in [3.63, 3.8) is 0 Å². The number of aliphatic hydroxyl groups excluding tert-OH is 1. The van der Waals surface area contributed by atoms with Gasteiger partial charge in [-0.3, -0.25) is 14.7 Å². The minimum Gasteiger partial charge on any atom is -0.386 e. The van der Waals surface area contributed by atoms with Crippen molar-refractivity contribution in [1.29, 1.82) is 5.26 Å². The molecule has 0 bridgehead atoms. The van der Waals surface area contributed by atoms with Crippen LogP contribution in [-0.2, 0) is 30.7 Å². The maximum Gasteiger partial charge on any atom is 0.393 e. The number of piperidine rings is 1. The molecule has 9 nitrogen and oxygen atoms in total. The van der Waals surface area contributed by atoms with Crippen molar-refractivity contribution in [2.45, 2.75) is 64.0 Å². The zero-order valence-electron chi connectivity index (χ0n) is 26.3. The lowest BCUT2D eigenvalue weighted by Gasteiger charge is -2.33. The Morgan fingerprint density at radius 2 is 1.98 bits per heavy atom. The molecule has 0 spiro atoms. The van der Waals surface area contributed by atoms with Gasteiger partial charge in [0.05, 0.1) is 30.9 Å². The highest BCUT2D eigenvalue weighted by Crippen LogP contribution is 2.34. The van der Waals surface area contributed by atoms with E-state index in [1.54, 1.807) is 24.4 Å². The summed E-state index contributed by atoms with van der Waals surface area (Å²) in [6.07, 6.45) is -0.105. The van der Waals surface area contributed by atoms with Gasteiger partial charge >= 0.3 is 6.18 Å². The van der Waals surface area contributed by atoms with E-state index in [4.69, 9.17) is 0 Å². The molecule has 4 aromatic heterocycles. The number of halogens is 3. The molecule has 0 saturated carbocycles. The lowest BCUT2D eigenvalue weighted by atomic mass is 10.0. The lowest BCUT2D eigenvalue weighted by molar-refractivity contribution is -0.126. The van der Waals surface area contributed by atoms with Gasteiger partial charge in [-0.25, -0.2) is 9.97 Å². The fraction of sp³-hybridized carbons (Fsp3) is 0.343. The number of aromatic nitrogens is 4. The number of likely N-dealkylation sites (tertiary alicyclic amines) is 1. The predicted octanol–water partition coefficient (Wildman–Crippen LogP) is 6.43. The Morgan fingerprint density at radius 1 is 1.19 bits per heavy atom. The number of nitriles is 1. The van der Waals surface area contributed by atoms with Crippen LogP contribution in [-0.4, -0.2) is 60.6 Å². The van der Waals surface area contributed by atoms with Gasteiger partial charge in [0.1, 0.15) is 28.7 Å². The smallest absolute Gasteiger partial charge is 0.386 e. The van der Waals surface area contributed by atoms with Crippen LogP contribution in [0.2, 0.25) is 0 Å². The van der Waals surface area contributed by atoms with E-state index in [2.05, 4.69) is 50.8 Å². The molecule has 5 heterocycles. The molecule has 1 fully saturated rings. The van der Waals surface area contributed by atoms with E-state index in [0.29, 0.717) is 33.0 Å². The highest BCUT2D eigenvalue weighted by atomic mass is 32.1. The number of carbonyl (C=O) groups excluding carboxylic acids is 1. The molecular weight excluding hydrogens is 639 g/mol. The molecule has 6 rings (SSSR count). The zero-order chi connectivity index (χ0) is 34.0. The van der Waals surface area contributed by atoms with Crippen LogP contribution in [0.5, 0.6) is 0 Å². The molecule has 1 unspecified atom stereocenters. The second kappa shape index (κ2) is 13.8. The summed E-state index contributed by atoms with van der Waals surface area (Å²) >= 11 is 1.05. The van der Waals surface area contributed by atoms with Crippen molar-refractivity contribution in [1.82, 2.24) is 24.4 Å². The number of allylic oxidation sites excluding steroid dienone is 1. The third-order valence-corrected chi connectivity index (χ3v) is 9.87. The molecule has 13 heteroatoms. The fourth-order valence-electron chi connectivity index (χ4n) is 6.22. The summed E-state index contributed by atoms with van der Waals surface area (Å²) in [6.45, 7) is 8.10. The van der Waals surface area contributed by atoms with Gasteiger partial charge in [0.15, 0.2) is 5.78 Å². The molecule has 48 heavy (non-hydrogen) atoms. The second-order valence-electron chi connectivity index (χ2n) is 12.1. The molecule has 2 N–H and O–H groups in total. The number of alkyl halides is 3. The Balaban J connectivity index is 1.10. The number of benzene rings is 1. The first kappa shape index (κ1) is 33.3. The number of rotatable bonds is 11. The summed E-state index contributed by atoms with van der Waals surface area (Å²) in [7, 11) is 0. The highest BCUT2D eigenvalue weighted by molar-refractivity contribution is 7.18. The third kappa shape index (κ3) is 7.41. The number of nitrogens with one attached hydrogen (secondary N) is 1. The lowest BCUT2D eigenvalue weighted by Crippen LogP contribution is -2.39. The normalized spacial score (nSPS) is 15.1. The van der Waals surface area contributed by atoms with Gasteiger partial charge in [-0.05, 0) is 61.2 Å². The van der Waals surface area contributed by atoms with Gasteiger partial charge in [-0.15, -0.1) is 11.3 Å². The van der Waals surface area contributed by atoms with Crippen LogP contribution in [0.15, 0.2) is 61.6 Å². The Bertz CT molecular complexity index is 2010. The van der Waals surface area contributed by atoms with Crippen molar-refractivity contribution in [2.24, 2.45) is 0 Å². The van der Waals surface area contributed by atoms with Gasteiger partial charge in [0.2, 0.25) is 0 Å². The first-order valence-corrected chi connectivity index (χ1v) is 16.4. The van der Waals surface area contributed by atoms with E-state index in [9.17, 15) is 28.3 Å². The van der Waals surface area contributed by atoms with Crippen molar-refractivity contribution in [2.75, 3.05) is 18.4 Å². The van der Waals surface area contributed by atoms with Crippen molar-refractivity contribution >= 4 is 44.1 Å². The van der Waals surface area contributed by atoms with E-state index in [1.165, 1.54) is 12.4 Å². The first-order valence-electron chi connectivity index (χ1n) is 15.6. The molecule has 1 atom stereocenters. The van der Waals surface area contributed by atoms with Gasteiger partial charge in [0, 0.05) is 58.9 Å². The molecule has 1 saturated heterocycles. The van der Waals surface area contributed by atoms with Crippen LogP contribution >= 0.6 is 11.3 Å². The number of thiophene rings is 1. The number of ketones is 1. The largest absolute Gasteiger partial charge is 0.393 e. The van der Waals surface area contributed by atoms with Gasteiger partial charge in [0.25, 0.3) is 0 Å². The third-order valence-electron chi connectivity index (χ3n) is 8.83. The highest BCUT2D eigenvalue weighted by Gasteiger charge is 2.29. The number of aryl methyl sites for hydroxylation is 1. The van der Waals surface area contributed by atoms with E-state index in [0.717, 1.165) is 65.8 Å². The minimum absolute atomic E-state index is 0.130. The summed E-state index contributed by atoms with van der Waals surface area (Å²) in [5.74, 6) is 0.440. The molecule has 1 aliphatic heterocycles. The van der Waals surface area contributed by atoms with Crippen LogP contribution in [0.25, 0.3) is 21.1 Å². The number of hydrogen-bond acceptors (Lipinski definition) is 9. The second-order valence-corrected chi connectivity index (χ2v) is 13.2. The summed E-state index contributed by atoms with van der Waals surface area (Å²) in [5.41, 5.74) is 4.72. The number of nitrogens with zero attached hydrogens (tertiary/aromatic N) is 6. The van der Waals surface area contributed by atoms with Gasteiger partial charge in [-0.1, -0.05) is 18.7 Å². The van der Waals surface area contributed by atoms with Gasteiger partial charge in [-0.2, -0.15) is 18.4 Å². The van der Waals surface area contributed by atoms with Crippen LogP contribution in [0, 0.1) is 18.3 Å². The van der Waals surface area contributed by atoms with Crippen LogP contribution < -0.4 is 5.32 Å². The van der Waals surface area contributed by atoms with Crippen molar-refractivity contribution < 1.29 is 23.1 Å². The number of carbonyl (C=O) groups is 1. The van der Waals surface area contributed by atoms with E-state index < -0.39 is 18.7 Å². The number of fused-ring (bicyclic) bond motifs is 2. The van der Waals surface area contributed by atoms with Crippen LogP contribution in [0.4, 0.5) is 19.0 Å². The molecule has 0 radical (unpaired) electrons. The molecule has 0 amide bonds. The molecule has 5 aromatic rings. The molecular formula is C35H34F3N7O2S. The average molecular weight is 674 g/mol. The SMILES string of the molecule is C=CC(=O)Cc1ccc(C(O)Cn2c(C#N)cc3c(C)c(CN4CCC(Nc5ncnc6sc(CC(F)(F)F)cc56)CC4)ccc32)cn1. The molecule has 1 aromatic carbocycles. The minimum atomic E-state index is -4.27. The molecule has 0 aliphatic carbocycles. The van der Waals surface area contributed by atoms with E-state index in [1.807, 2.05) is 16.7 Å². The zero-order valence-corrected chi connectivity index (χ0v) is 27.1.